The summed E-state index contributed by atoms with van der Waals surface area (Å²) in [6.07, 6.45) is 0.286. The van der Waals surface area contributed by atoms with Gasteiger partial charge >= 0.3 is 5.97 Å². The Kier molecular flexibility index (Phi) is 6.09. The van der Waals surface area contributed by atoms with Gasteiger partial charge in [0.25, 0.3) is 17.7 Å². The largest absolute Gasteiger partial charge is 0.467 e. The fourth-order valence-corrected chi connectivity index (χ4v) is 3.46. The molecule has 1 N–H and O–H groups in total. The number of fused-ring (bicyclic) bond motifs is 1. The number of ketones is 1. The first-order chi connectivity index (χ1) is 16.2. The molecule has 9 nitrogen and oxygen atoms in total. The summed E-state index contributed by atoms with van der Waals surface area (Å²) in [5, 5.41) is 2.59. The Morgan fingerprint density at radius 2 is 1.74 bits per heavy atom. The Balaban J connectivity index is 1.43. The lowest BCUT2D eigenvalue weighted by atomic mass is 10.1. The zero-order valence-corrected chi connectivity index (χ0v) is 18.4. The highest BCUT2D eigenvalue weighted by molar-refractivity contribution is 6.21. The summed E-state index contributed by atoms with van der Waals surface area (Å²) in [5.74, 6) is -2.16. The molecule has 0 aliphatic carbocycles. The number of Topliss-reactive ketones (excluding diaryl/α,β-unsaturated/α-hetero) is 1. The van der Waals surface area contributed by atoms with Gasteiger partial charge in [-0.3, -0.25) is 24.1 Å². The third kappa shape index (κ3) is 4.49. The molecular formula is C25H20N2O7. The second-order valence-electron chi connectivity index (χ2n) is 7.71. The number of carbonyl (C=O) groups excluding carboxylic acids is 5. The minimum Gasteiger partial charge on any atom is -0.467 e. The fraction of sp³-hybridized carbons (Fsp3) is 0.160. The molecule has 0 saturated heterocycles. The van der Waals surface area contributed by atoms with Crippen molar-refractivity contribution in [3.05, 3.63) is 88.9 Å². The van der Waals surface area contributed by atoms with E-state index in [1.165, 1.54) is 44.4 Å². The van der Waals surface area contributed by atoms with E-state index in [0.29, 0.717) is 17.0 Å². The maximum Gasteiger partial charge on any atom is 0.338 e. The lowest BCUT2D eigenvalue weighted by Gasteiger charge is -2.14. The van der Waals surface area contributed by atoms with E-state index in [9.17, 15) is 24.0 Å². The molecule has 9 heteroatoms. The minimum atomic E-state index is -1.16. The van der Waals surface area contributed by atoms with Gasteiger partial charge in [0.05, 0.1) is 29.5 Å². The summed E-state index contributed by atoms with van der Waals surface area (Å²) in [4.78, 5) is 62.9. The number of amides is 3. The van der Waals surface area contributed by atoms with Crippen LogP contribution in [0.2, 0.25) is 0 Å². The number of hydrogen-bond acceptors (Lipinski definition) is 7. The summed E-state index contributed by atoms with van der Waals surface area (Å²) in [7, 11) is 0. The normalized spacial score (nSPS) is 13.4. The van der Waals surface area contributed by atoms with Crippen molar-refractivity contribution in [3.63, 3.8) is 0 Å². The van der Waals surface area contributed by atoms with Crippen molar-refractivity contribution in [3.8, 4) is 0 Å². The minimum absolute atomic E-state index is 0.0259. The van der Waals surface area contributed by atoms with Crippen molar-refractivity contribution in [2.24, 2.45) is 0 Å². The number of ether oxygens (including phenoxy) is 1. The van der Waals surface area contributed by atoms with Crippen molar-refractivity contribution in [2.45, 2.75) is 26.5 Å². The summed E-state index contributed by atoms with van der Waals surface area (Å²) in [5.41, 5.74) is 1.09. The SMILES string of the molecule is CC(=O)c1cccc(NC(=O)C(C)OC(=O)c2ccc3c(c2)C(=O)N(Cc2ccco2)C3=O)c1. The van der Waals surface area contributed by atoms with Crippen LogP contribution in [0.15, 0.2) is 65.3 Å². The second kappa shape index (κ2) is 9.14. The molecule has 34 heavy (non-hydrogen) atoms. The highest BCUT2D eigenvalue weighted by Gasteiger charge is 2.36. The van der Waals surface area contributed by atoms with E-state index in [-0.39, 0.29) is 29.0 Å². The van der Waals surface area contributed by atoms with Gasteiger partial charge in [0.2, 0.25) is 0 Å². The molecule has 0 radical (unpaired) electrons. The first-order valence-electron chi connectivity index (χ1n) is 10.4. The summed E-state index contributed by atoms with van der Waals surface area (Å²) < 4.78 is 10.4. The molecular weight excluding hydrogens is 440 g/mol. The van der Waals surface area contributed by atoms with Gasteiger partial charge in [-0.1, -0.05) is 12.1 Å². The highest BCUT2D eigenvalue weighted by atomic mass is 16.5. The number of imide groups is 1. The van der Waals surface area contributed by atoms with Crippen LogP contribution in [0, 0.1) is 0 Å². The monoisotopic (exact) mass is 460 g/mol. The Hall–Kier alpha value is -4.53. The lowest BCUT2D eigenvalue weighted by molar-refractivity contribution is -0.123. The Bertz CT molecular complexity index is 1310. The number of anilines is 1. The third-order valence-corrected chi connectivity index (χ3v) is 5.29. The van der Waals surface area contributed by atoms with Crippen LogP contribution in [0.5, 0.6) is 0 Å². The van der Waals surface area contributed by atoms with Crippen molar-refractivity contribution < 1.29 is 33.1 Å². The quantitative estimate of drug-likeness (QED) is 0.325. The molecule has 0 bridgehead atoms. The van der Waals surface area contributed by atoms with Crippen LogP contribution in [-0.4, -0.2) is 40.5 Å². The van der Waals surface area contributed by atoms with E-state index in [1.807, 2.05) is 0 Å². The molecule has 3 aromatic rings. The van der Waals surface area contributed by atoms with Crippen molar-refractivity contribution >= 4 is 35.2 Å². The van der Waals surface area contributed by atoms with Gasteiger partial charge in [0.15, 0.2) is 11.9 Å². The average Bonchev–Trinajstić information content (AvgIpc) is 3.42. The molecule has 0 saturated carbocycles. The first kappa shape index (κ1) is 22.7. The van der Waals surface area contributed by atoms with Crippen LogP contribution in [-0.2, 0) is 16.1 Å². The molecule has 1 unspecified atom stereocenters. The lowest BCUT2D eigenvalue weighted by Crippen LogP contribution is -2.30. The number of benzene rings is 2. The third-order valence-electron chi connectivity index (χ3n) is 5.29. The fourth-order valence-electron chi connectivity index (χ4n) is 3.46. The molecule has 1 aliphatic rings. The van der Waals surface area contributed by atoms with Gasteiger partial charge in [-0.15, -0.1) is 0 Å². The molecule has 3 amide bonds. The van der Waals surface area contributed by atoms with Crippen LogP contribution in [0.25, 0.3) is 0 Å². The van der Waals surface area contributed by atoms with Gasteiger partial charge in [0, 0.05) is 11.3 Å². The van der Waals surface area contributed by atoms with Crippen molar-refractivity contribution in [1.82, 2.24) is 4.90 Å². The van der Waals surface area contributed by atoms with Crippen LogP contribution in [0.4, 0.5) is 5.69 Å². The highest BCUT2D eigenvalue weighted by Crippen LogP contribution is 2.26. The molecule has 2 aromatic carbocycles. The van der Waals surface area contributed by atoms with Gasteiger partial charge in [-0.25, -0.2) is 4.79 Å². The molecule has 0 fully saturated rings. The van der Waals surface area contributed by atoms with Gasteiger partial charge < -0.3 is 14.5 Å². The Labute approximate surface area is 194 Å². The van der Waals surface area contributed by atoms with E-state index in [4.69, 9.17) is 9.15 Å². The van der Waals surface area contributed by atoms with Gasteiger partial charge in [-0.2, -0.15) is 0 Å². The standard InChI is InChI=1S/C25H20N2O7/c1-14(28)16-5-3-6-18(11-16)26-22(29)15(2)34-25(32)17-8-9-20-21(12-17)24(31)27(23(20)30)13-19-7-4-10-33-19/h3-12,15H,13H2,1-2H3,(H,26,29). The van der Waals surface area contributed by atoms with Crippen LogP contribution in [0.1, 0.15) is 61.0 Å². The number of nitrogens with one attached hydrogen (secondary N) is 1. The van der Waals surface area contributed by atoms with E-state index in [2.05, 4.69) is 5.32 Å². The summed E-state index contributed by atoms with van der Waals surface area (Å²) >= 11 is 0. The molecule has 2 heterocycles. The molecule has 172 valence electrons. The zero-order valence-electron chi connectivity index (χ0n) is 18.4. The maximum atomic E-state index is 12.7. The van der Waals surface area contributed by atoms with E-state index >= 15 is 0 Å². The summed E-state index contributed by atoms with van der Waals surface area (Å²) in [6.45, 7) is 2.78. The average molecular weight is 460 g/mol. The van der Waals surface area contributed by atoms with Crippen LogP contribution >= 0.6 is 0 Å². The number of hydrogen-bond donors (Lipinski definition) is 1. The molecule has 0 spiro atoms. The predicted octanol–water partition coefficient (Wildman–Crippen LogP) is 3.46. The van der Waals surface area contributed by atoms with E-state index in [0.717, 1.165) is 4.90 Å². The topological polar surface area (TPSA) is 123 Å². The molecule has 1 aliphatic heterocycles. The van der Waals surface area contributed by atoms with Crippen molar-refractivity contribution in [1.29, 1.82) is 0 Å². The smallest absolute Gasteiger partial charge is 0.338 e. The number of esters is 1. The number of rotatable bonds is 7. The van der Waals surface area contributed by atoms with Crippen LogP contribution < -0.4 is 5.32 Å². The summed E-state index contributed by atoms with van der Waals surface area (Å²) in [6, 6.07) is 13.7. The number of nitrogens with zero attached hydrogens (tertiary/aromatic N) is 1. The van der Waals surface area contributed by atoms with Crippen molar-refractivity contribution in [2.75, 3.05) is 5.32 Å². The van der Waals surface area contributed by atoms with Gasteiger partial charge in [0.1, 0.15) is 5.76 Å². The first-order valence-corrected chi connectivity index (χ1v) is 10.4. The zero-order chi connectivity index (χ0) is 24.4. The van der Waals surface area contributed by atoms with Gasteiger partial charge in [-0.05, 0) is 56.3 Å². The number of carbonyl (C=O) groups is 5. The Morgan fingerprint density at radius 3 is 2.44 bits per heavy atom. The molecule has 4 rings (SSSR count). The van der Waals surface area contributed by atoms with E-state index in [1.54, 1.807) is 30.3 Å². The molecule has 1 atom stereocenters. The molecule has 1 aromatic heterocycles. The van der Waals surface area contributed by atoms with E-state index < -0.39 is 29.8 Å². The number of furan rings is 1. The predicted molar refractivity (Wildman–Crippen MR) is 119 cm³/mol. The van der Waals surface area contributed by atoms with Crippen LogP contribution in [0.3, 0.4) is 0 Å². The Morgan fingerprint density at radius 1 is 0.971 bits per heavy atom. The maximum absolute atomic E-state index is 12.7. The second-order valence-corrected chi connectivity index (χ2v) is 7.71.